The third-order valence-corrected chi connectivity index (χ3v) is 2.09. The molecule has 80 valence electrons. The summed E-state index contributed by atoms with van der Waals surface area (Å²) in [6.07, 6.45) is 1.45. The van der Waals surface area contributed by atoms with Gasteiger partial charge in [0.1, 0.15) is 0 Å². The third-order valence-electron chi connectivity index (χ3n) is 2.09. The van der Waals surface area contributed by atoms with Gasteiger partial charge in [0.05, 0.1) is 11.7 Å². The number of aliphatic hydroxyl groups excluding tert-OH is 1. The zero-order chi connectivity index (χ0) is 10.3. The van der Waals surface area contributed by atoms with Gasteiger partial charge in [-0.25, -0.2) is 0 Å². The lowest BCUT2D eigenvalue weighted by Gasteiger charge is -2.25. The van der Waals surface area contributed by atoms with Crippen molar-refractivity contribution in [2.75, 3.05) is 20.2 Å². The number of nitrogens with one attached hydrogen (secondary N) is 1. The van der Waals surface area contributed by atoms with Gasteiger partial charge in [0.15, 0.2) is 0 Å². The van der Waals surface area contributed by atoms with Gasteiger partial charge in [0.25, 0.3) is 0 Å². The van der Waals surface area contributed by atoms with Gasteiger partial charge >= 0.3 is 0 Å². The topological polar surface area (TPSA) is 41.5 Å². The van der Waals surface area contributed by atoms with E-state index in [-0.39, 0.29) is 11.7 Å². The Hall–Kier alpha value is -0.120. The Morgan fingerprint density at radius 3 is 2.54 bits per heavy atom. The van der Waals surface area contributed by atoms with E-state index in [1.54, 1.807) is 7.11 Å². The third kappa shape index (κ3) is 6.99. The van der Waals surface area contributed by atoms with Gasteiger partial charge in [-0.1, -0.05) is 6.92 Å². The summed E-state index contributed by atoms with van der Waals surface area (Å²) in [5.41, 5.74) is -0.229. The molecule has 0 aromatic carbocycles. The van der Waals surface area contributed by atoms with Crippen LogP contribution in [-0.4, -0.2) is 37.0 Å². The molecule has 1 unspecified atom stereocenters. The maximum Gasteiger partial charge on any atom is 0.0691 e. The minimum atomic E-state index is -0.318. The summed E-state index contributed by atoms with van der Waals surface area (Å²) in [5, 5.41) is 12.8. The lowest BCUT2D eigenvalue weighted by molar-refractivity contribution is -0.0188. The molecule has 0 aromatic heterocycles. The number of hydrogen-bond acceptors (Lipinski definition) is 3. The molecule has 0 aliphatic heterocycles. The van der Waals surface area contributed by atoms with E-state index in [0.717, 1.165) is 13.0 Å². The Kier molecular flexibility index (Phi) is 6.29. The molecule has 3 nitrogen and oxygen atoms in total. The Morgan fingerprint density at radius 2 is 2.08 bits per heavy atom. The van der Waals surface area contributed by atoms with Crippen LogP contribution in [0.4, 0.5) is 0 Å². The summed E-state index contributed by atoms with van der Waals surface area (Å²) in [5.74, 6) is 0. The van der Waals surface area contributed by atoms with Crippen molar-refractivity contribution in [3.63, 3.8) is 0 Å². The number of rotatable bonds is 7. The minimum Gasteiger partial charge on any atom is -0.392 e. The Morgan fingerprint density at radius 1 is 1.46 bits per heavy atom. The molecule has 13 heavy (non-hydrogen) atoms. The molecule has 2 N–H and O–H groups in total. The van der Waals surface area contributed by atoms with Crippen molar-refractivity contribution in [3.8, 4) is 0 Å². The Balaban J connectivity index is 3.55. The second-order valence-corrected chi connectivity index (χ2v) is 4.03. The predicted molar refractivity (Wildman–Crippen MR) is 54.9 cm³/mol. The molecule has 0 saturated heterocycles. The molecule has 0 fully saturated rings. The summed E-state index contributed by atoms with van der Waals surface area (Å²) in [4.78, 5) is 0. The van der Waals surface area contributed by atoms with Crippen LogP contribution in [0.1, 0.15) is 33.6 Å². The molecule has 0 aliphatic carbocycles. The molecule has 0 bridgehead atoms. The van der Waals surface area contributed by atoms with Crippen molar-refractivity contribution in [3.05, 3.63) is 0 Å². The maximum absolute atomic E-state index is 9.60. The van der Waals surface area contributed by atoms with Gasteiger partial charge in [-0.05, 0) is 26.8 Å². The fourth-order valence-electron chi connectivity index (χ4n) is 1.17. The molecule has 3 heteroatoms. The number of aliphatic hydroxyl groups is 1. The molecule has 0 radical (unpaired) electrons. The summed E-state index contributed by atoms with van der Waals surface area (Å²) < 4.78 is 5.23. The first kappa shape index (κ1) is 12.9. The maximum atomic E-state index is 9.60. The van der Waals surface area contributed by atoms with E-state index >= 15 is 0 Å². The van der Waals surface area contributed by atoms with Crippen LogP contribution in [0.25, 0.3) is 0 Å². The van der Waals surface area contributed by atoms with E-state index in [1.807, 2.05) is 13.8 Å². The number of methoxy groups -OCH3 is 1. The molecule has 0 amide bonds. The van der Waals surface area contributed by atoms with Gasteiger partial charge in [-0.2, -0.15) is 0 Å². The summed E-state index contributed by atoms with van der Waals surface area (Å²) in [6, 6.07) is 0. The summed E-state index contributed by atoms with van der Waals surface area (Å²) in [7, 11) is 1.67. The quantitative estimate of drug-likeness (QED) is 0.591. The van der Waals surface area contributed by atoms with Gasteiger partial charge < -0.3 is 15.2 Å². The van der Waals surface area contributed by atoms with E-state index in [2.05, 4.69) is 12.2 Å². The van der Waals surface area contributed by atoms with Gasteiger partial charge in [-0.15, -0.1) is 0 Å². The van der Waals surface area contributed by atoms with Crippen LogP contribution in [0.2, 0.25) is 0 Å². The standard InChI is InChI=1S/C10H23NO2/c1-5-6-11-8-9(12)7-10(2,3)13-4/h9,11-12H,5-8H2,1-4H3. The highest BCUT2D eigenvalue weighted by Crippen LogP contribution is 2.14. The average molecular weight is 189 g/mol. The monoisotopic (exact) mass is 189 g/mol. The van der Waals surface area contributed by atoms with Crippen LogP contribution in [0.15, 0.2) is 0 Å². The second-order valence-electron chi connectivity index (χ2n) is 4.03. The van der Waals surface area contributed by atoms with Crippen LogP contribution in [0.3, 0.4) is 0 Å². The SMILES string of the molecule is CCCNCC(O)CC(C)(C)OC. The Bertz CT molecular complexity index is 126. The minimum absolute atomic E-state index is 0.229. The van der Waals surface area contributed by atoms with Crippen molar-refractivity contribution in [1.29, 1.82) is 0 Å². The molecule has 0 heterocycles. The van der Waals surface area contributed by atoms with Crippen LogP contribution >= 0.6 is 0 Å². The molecule has 0 aromatic rings. The zero-order valence-electron chi connectivity index (χ0n) is 9.26. The fourth-order valence-corrected chi connectivity index (χ4v) is 1.17. The number of ether oxygens (including phenoxy) is 1. The highest BCUT2D eigenvalue weighted by atomic mass is 16.5. The van der Waals surface area contributed by atoms with Gasteiger partial charge in [0.2, 0.25) is 0 Å². The first-order valence-electron chi connectivity index (χ1n) is 4.95. The molecule has 1 atom stereocenters. The van der Waals surface area contributed by atoms with E-state index in [4.69, 9.17) is 4.74 Å². The van der Waals surface area contributed by atoms with E-state index in [9.17, 15) is 5.11 Å². The lowest BCUT2D eigenvalue weighted by atomic mass is 10.0. The Labute approximate surface area is 81.5 Å². The largest absolute Gasteiger partial charge is 0.392 e. The highest BCUT2D eigenvalue weighted by Gasteiger charge is 2.20. The summed E-state index contributed by atoms with van der Waals surface area (Å²) >= 11 is 0. The lowest BCUT2D eigenvalue weighted by Crippen LogP contribution is -2.35. The molecular weight excluding hydrogens is 166 g/mol. The highest BCUT2D eigenvalue weighted by molar-refractivity contribution is 4.74. The van der Waals surface area contributed by atoms with Crippen molar-refractivity contribution in [2.45, 2.75) is 45.3 Å². The first-order valence-corrected chi connectivity index (χ1v) is 4.95. The fraction of sp³-hybridized carbons (Fsp3) is 1.00. The molecule has 0 rings (SSSR count). The predicted octanol–water partition coefficient (Wildman–Crippen LogP) is 1.16. The number of hydrogen-bond donors (Lipinski definition) is 2. The second kappa shape index (κ2) is 6.35. The smallest absolute Gasteiger partial charge is 0.0691 e. The van der Waals surface area contributed by atoms with Crippen LogP contribution in [0, 0.1) is 0 Å². The normalized spacial score (nSPS) is 14.5. The first-order chi connectivity index (χ1) is 6.02. The van der Waals surface area contributed by atoms with Crippen LogP contribution in [-0.2, 0) is 4.74 Å². The molecular formula is C10H23NO2. The van der Waals surface area contributed by atoms with Crippen molar-refractivity contribution in [1.82, 2.24) is 5.32 Å². The van der Waals surface area contributed by atoms with Crippen molar-refractivity contribution < 1.29 is 9.84 Å². The zero-order valence-corrected chi connectivity index (χ0v) is 9.26. The van der Waals surface area contributed by atoms with Crippen LogP contribution < -0.4 is 5.32 Å². The van der Waals surface area contributed by atoms with E-state index in [1.165, 1.54) is 0 Å². The van der Waals surface area contributed by atoms with Crippen LogP contribution in [0.5, 0.6) is 0 Å². The van der Waals surface area contributed by atoms with E-state index in [0.29, 0.717) is 13.0 Å². The molecule has 0 aliphatic rings. The van der Waals surface area contributed by atoms with Gasteiger partial charge in [-0.3, -0.25) is 0 Å². The van der Waals surface area contributed by atoms with E-state index < -0.39 is 0 Å². The summed E-state index contributed by atoms with van der Waals surface area (Å²) in [6.45, 7) is 7.69. The van der Waals surface area contributed by atoms with Crippen molar-refractivity contribution in [2.24, 2.45) is 0 Å². The van der Waals surface area contributed by atoms with Crippen molar-refractivity contribution >= 4 is 0 Å². The molecule has 0 saturated carbocycles. The van der Waals surface area contributed by atoms with Gasteiger partial charge in [0, 0.05) is 20.1 Å². The average Bonchev–Trinajstić information content (AvgIpc) is 2.04. The molecule has 0 spiro atoms.